The van der Waals surface area contributed by atoms with Crippen LogP contribution in [0.15, 0.2) is 48.5 Å². The highest BCUT2D eigenvalue weighted by molar-refractivity contribution is 6.30. The molecule has 0 saturated heterocycles. The molecule has 1 amide bonds. The molecule has 1 atom stereocenters. The molecule has 2 N–H and O–H groups in total. The number of carbonyl (C=O) groups is 2. The zero-order valence-corrected chi connectivity index (χ0v) is 19.0. The maximum Gasteiger partial charge on any atom is 0.305 e. The second-order valence-corrected chi connectivity index (χ2v) is 7.90. The third-order valence-corrected chi connectivity index (χ3v) is 5.58. The maximum atomic E-state index is 12.5. The summed E-state index contributed by atoms with van der Waals surface area (Å²) in [5.41, 5.74) is 4.77. The van der Waals surface area contributed by atoms with Gasteiger partial charge in [0.15, 0.2) is 0 Å². The lowest BCUT2D eigenvalue weighted by atomic mass is 10.1. The number of hydrogen-bond acceptors (Lipinski definition) is 5. The number of nitrogens with one attached hydrogen (secondary N) is 1. The van der Waals surface area contributed by atoms with Gasteiger partial charge in [-0.1, -0.05) is 23.7 Å². The van der Waals surface area contributed by atoms with E-state index < -0.39 is 6.10 Å². The molecule has 0 aliphatic carbocycles. The van der Waals surface area contributed by atoms with Crippen molar-refractivity contribution in [2.75, 3.05) is 13.7 Å². The average Bonchev–Trinajstić information content (AvgIpc) is 3.09. The van der Waals surface area contributed by atoms with Crippen LogP contribution in [0.1, 0.15) is 45.4 Å². The number of halogens is 1. The van der Waals surface area contributed by atoms with E-state index in [1.165, 1.54) is 7.11 Å². The van der Waals surface area contributed by atoms with Crippen molar-refractivity contribution in [2.24, 2.45) is 0 Å². The molecular formula is C24H26ClN3O4. The van der Waals surface area contributed by atoms with Gasteiger partial charge in [-0.25, -0.2) is 4.68 Å². The van der Waals surface area contributed by atoms with Crippen LogP contribution < -0.4 is 5.32 Å². The molecule has 1 heterocycles. The Morgan fingerprint density at radius 2 is 1.78 bits per heavy atom. The average molecular weight is 456 g/mol. The van der Waals surface area contributed by atoms with Crippen LogP contribution in [0.25, 0.3) is 5.69 Å². The quantitative estimate of drug-likeness (QED) is 0.505. The van der Waals surface area contributed by atoms with E-state index in [0.29, 0.717) is 29.0 Å². The van der Waals surface area contributed by atoms with Crippen LogP contribution in [-0.2, 0) is 16.0 Å². The van der Waals surface area contributed by atoms with Crippen LogP contribution in [0.5, 0.6) is 0 Å². The predicted molar refractivity (Wildman–Crippen MR) is 122 cm³/mol. The highest BCUT2D eigenvalue weighted by Crippen LogP contribution is 2.20. The molecule has 3 aromatic rings. The first-order valence-corrected chi connectivity index (χ1v) is 10.6. The van der Waals surface area contributed by atoms with Crippen molar-refractivity contribution in [3.05, 3.63) is 81.6 Å². The number of hydrogen-bond donors (Lipinski definition) is 2. The van der Waals surface area contributed by atoms with E-state index in [1.807, 2.05) is 26.0 Å². The van der Waals surface area contributed by atoms with Crippen molar-refractivity contribution in [1.29, 1.82) is 0 Å². The van der Waals surface area contributed by atoms with Gasteiger partial charge >= 0.3 is 5.97 Å². The lowest BCUT2D eigenvalue weighted by molar-refractivity contribution is -0.140. The summed E-state index contributed by atoms with van der Waals surface area (Å²) in [5, 5.41) is 18.2. The Bertz CT molecular complexity index is 1090. The molecule has 0 bridgehead atoms. The monoisotopic (exact) mass is 455 g/mol. The van der Waals surface area contributed by atoms with E-state index >= 15 is 0 Å². The van der Waals surface area contributed by atoms with Gasteiger partial charge < -0.3 is 15.2 Å². The van der Waals surface area contributed by atoms with Gasteiger partial charge in [0.2, 0.25) is 0 Å². The smallest absolute Gasteiger partial charge is 0.305 e. The molecule has 0 fully saturated rings. The molecule has 0 saturated carbocycles. The maximum absolute atomic E-state index is 12.5. The Kier molecular flexibility index (Phi) is 7.66. The Hall–Kier alpha value is -3.16. The lowest BCUT2D eigenvalue weighted by Gasteiger charge is -2.13. The minimum atomic E-state index is -0.825. The largest absolute Gasteiger partial charge is 0.469 e. The van der Waals surface area contributed by atoms with Crippen molar-refractivity contribution in [3.8, 4) is 5.69 Å². The lowest BCUT2D eigenvalue weighted by Crippen LogP contribution is -2.28. The minimum Gasteiger partial charge on any atom is -0.469 e. The van der Waals surface area contributed by atoms with Gasteiger partial charge in [0.1, 0.15) is 0 Å². The fraction of sp³-hybridized carbons (Fsp3) is 0.292. The number of carbonyl (C=O) groups excluding carboxylic acids is 2. The van der Waals surface area contributed by atoms with E-state index in [9.17, 15) is 14.7 Å². The second-order valence-electron chi connectivity index (χ2n) is 7.46. The Balaban J connectivity index is 1.65. The topological polar surface area (TPSA) is 93.5 Å². The van der Waals surface area contributed by atoms with Crippen LogP contribution in [0, 0.1) is 13.8 Å². The number of aromatic nitrogens is 2. The van der Waals surface area contributed by atoms with Crippen molar-refractivity contribution in [1.82, 2.24) is 15.1 Å². The SMILES string of the molecule is COC(=O)CCc1c(C)nn(-c2ccc(C(=O)NCC(O)c3ccc(Cl)cc3)cc2)c1C. The van der Waals surface area contributed by atoms with Crippen LogP contribution in [0.4, 0.5) is 0 Å². The second kappa shape index (κ2) is 10.4. The summed E-state index contributed by atoms with van der Waals surface area (Å²) < 4.78 is 6.52. The molecule has 3 rings (SSSR count). The number of aliphatic hydroxyl groups is 1. The van der Waals surface area contributed by atoms with Crippen molar-refractivity contribution in [3.63, 3.8) is 0 Å². The number of amides is 1. The molecule has 1 unspecified atom stereocenters. The number of aryl methyl sites for hydroxylation is 1. The third-order valence-electron chi connectivity index (χ3n) is 5.33. The first kappa shape index (κ1) is 23.5. The summed E-state index contributed by atoms with van der Waals surface area (Å²) in [6.45, 7) is 3.94. The van der Waals surface area contributed by atoms with Crippen LogP contribution >= 0.6 is 11.6 Å². The fourth-order valence-corrected chi connectivity index (χ4v) is 3.59. The molecule has 7 nitrogen and oxygen atoms in total. The van der Waals surface area contributed by atoms with Gasteiger partial charge in [0.05, 0.1) is 24.6 Å². The number of esters is 1. The molecule has 0 radical (unpaired) electrons. The summed E-state index contributed by atoms with van der Waals surface area (Å²) in [6.07, 6.45) is 0.0274. The number of methoxy groups -OCH3 is 1. The summed E-state index contributed by atoms with van der Waals surface area (Å²) in [4.78, 5) is 23.9. The number of nitrogens with zero attached hydrogens (tertiary/aromatic N) is 2. The van der Waals surface area contributed by atoms with E-state index in [1.54, 1.807) is 41.1 Å². The minimum absolute atomic E-state index is 0.0865. The standard InChI is InChI=1S/C24H26ClN3O4/c1-15-21(12-13-23(30)32-3)16(2)28(27-15)20-10-6-18(7-11-20)24(31)26-14-22(29)17-4-8-19(25)9-5-17/h4-11,22,29H,12-14H2,1-3H3,(H,26,31). The zero-order valence-electron chi connectivity index (χ0n) is 18.3. The van der Waals surface area contributed by atoms with Crippen molar-refractivity contribution < 1.29 is 19.4 Å². The molecule has 8 heteroatoms. The zero-order chi connectivity index (χ0) is 23.3. The highest BCUT2D eigenvalue weighted by Gasteiger charge is 2.15. The van der Waals surface area contributed by atoms with Gasteiger partial charge in [-0.2, -0.15) is 5.10 Å². The van der Waals surface area contributed by atoms with E-state index in [4.69, 9.17) is 16.3 Å². The van der Waals surface area contributed by atoms with Gasteiger partial charge in [0, 0.05) is 29.2 Å². The van der Waals surface area contributed by atoms with Gasteiger partial charge in [-0.05, 0) is 67.8 Å². The Morgan fingerprint density at radius 3 is 2.41 bits per heavy atom. The van der Waals surface area contributed by atoms with Gasteiger partial charge in [0.25, 0.3) is 5.91 Å². The van der Waals surface area contributed by atoms with E-state index in [-0.39, 0.29) is 18.4 Å². The third kappa shape index (κ3) is 5.55. The molecule has 0 aliphatic rings. The van der Waals surface area contributed by atoms with Crippen LogP contribution in [-0.4, -0.2) is 40.4 Å². The molecule has 0 aliphatic heterocycles. The summed E-state index contributed by atoms with van der Waals surface area (Å²) >= 11 is 5.86. The number of ether oxygens (including phenoxy) is 1. The highest BCUT2D eigenvalue weighted by atomic mass is 35.5. The number of aliphatic hydroxyl groups excluding tert-OH is 1. The van der Waals surface area contributed by atoms with Crippen molar-refractivity contribution >= 4 is 23.5 Å². The molecule has 0 spiro atoms. The fourth-order valence-electron chi connectivity index (χ4n) is 3.47. The molecule has 1 aromatic heterocycles. The van der Waals surface area contributed by atoms with Crippen LogP contribution in [0.2, 0.25) is 5.02 Å². The Labute approximate surface area is 192 Å². The van der Waals surface area contributed by atoms with Gasteiger partial charge in [-0.15, -0.1) is 0 Å². The molecule has 2 aromatic carbocycles. The Morgan fingerprint density at radius 1 is 1.12 bits per heavy atom. The first-order chi connectivity index (χ1) is 15.3. The van der Waals surface area contributed by atoms with Crippen molar-refractivity contribution in [2.45, 2.75) is 32.8 Å². The number of benzene rings is 2. The van der Waals surface area contributed by atoms with E-state index in [2.05, 4.69) is 10.4 Å². The predicted octanol–water partition coefficient (Wildman–Crippen LogP) is 3.71. The first-order valence-electron chi connectivity index (χ1n) is 10.2. The summed E-state index contributed by atoms with van der Waals surface area (Å²) in [7, 11) is 1.38. The normalized spacial score (nSPS) is 11.8. The summed E-state index contributed by atoms with van der Waals surface area (Å²) in [6, 6.07) is 13.9. The summed E-state index contributed by atoms with van der Waals surface area (Å²) in [5.74, 6) is -0.537. The molecule has 32 heavy (non-hydrogen) atoms. The van der Waals surface area contributed by atoms with E-state index in [0.717, 1.165) is 22.6 Å². The molecule has 168 valence electrons. The molecular weight excluding hydrogens is 430 g/mol. The number of rotatable bonds is 8. The van der Waals surface area contributed by atoms with Gasteiger partial charge in [-0.3, -0.25) is 9.59 Å². The van der Waals surface area contributed by atoms with Crippen LogP contribution in [0.3, 0.4) is 0 Å².